The molecule has 2 amide bonds. The van der Waals surface area contributed by atoms with Crippen LogP contribution in [0, 0.1) is 5.41 Å². The van der Waals surface area contributed by atoms with Crippen molar-refractivity contribution < 1.29 is 9.59 Å². The van der Waals surface area contributed by atoms with Crippen molar-refractivity contribution in [2.45, 2.75) is 45.3 Å². The van der Waals surface area contributed by atoms with Crippen LogP contribution in [0.5, 0.6) is 0 Å². The quantitative estimate of drug-likeness (QED) is 0.635. The first-order chi connectivity index (χ1) is 12.3. The lowest BCUT2D eigenvalue weighted by atomic mass is 9.92. The van der Waals surface area contributed by atoms with Crippen LogP contribution in [-0.2, 0) is 16.1 Å². The number of carbonyl (C=O) groups excluding carboxylic acids is 2. The Hall–Kier alpha value is -1.87. The highest BCUT2D eigenvalue weighted by atomic mass is 32.2. The minimum absolute atomic E-state index is 0.0404. The van der Waals surface area contributed by atoms with Crippen LogP contribution in [0.25, 0.3) is 10.7 Å². The summed E-state index contributed by atoms with van der Waals surface area (Å²) in [7, 11) is 0. The van der Waals surface area contributed by atoms with Crippen LogP contribution in [0.2, 0.25) is 0 Å². The Balaban J connectivity index is 1.99. The lowest BCUT2D eigenvalue weighted by Gasteiger charge is -2.17. The lowest BCUT2D eigenvalue weighted by Crippen LogP contribution is -2.28. The van der Waals surface area contributed by atoms with Crippen LogP contribution in [0.15, 0.2) is 22.7 Å². The highest BCUT2D eigenvalue weighted by molar-refractivity contribution is 7.99. The summed E-state index contributed by atoms with van der Waals surface area (Å²) in [5.41, 5.74) is 5.46. The van der Waals surface area contributed by atoms with Gasteiger partial charge >= 0.3 is 0 Å². The molecule has 0 saturated heterocycles. The van der Waals surface area contributed by atoms with Gasteiger partial charge in [-0.3, -0.25) is 9.59 Å². The maximum absolute atomic E-state index is 12.1. The number of amides is 2. The average molecular weight is 396 g/mol. The SMILES string of the molecule is CC(C)(C)CCNC(=O)CSc1nnc(-c2cccs2)n1CCC(N)=O. The summed E-state index contributed by atoms with van der Waals surface area (Å²) in [6.07, 6.45) is 1.11. The number of nitrogens with zero attached hydrogens (tertiary/aromatic N) is 3. The molecule has 0 saturated carbocycles. The molecule has 9 heteroatoms. The molecule has 2 heterocycles. The fraction of sp³-hybridized carbons (Fsp3) is 0.529. The van der Waals surface area contributed by atoms with Crippen LogP contribution in [0.3, 0.4) is 0 Å². The number of carbonyl (C=O) groups is 2. The number of aromatic nitrogens is 3. The number of primary amides is 1. The molecule has 0 spiro atoms. The molecule has 0 aliphatic rings. The van der Waals surface area contributed by atoms with Crippen molar-refractivity contribution in [1.29, 1.82) is 0 Å². The molecule has 0 aliphatic heterocycles. The number of hydrogen-bond donors (Lipinski definition) is 2. The number of rotatable bonds is 9. The lowest BCUT2D eigenvalue weighted by molar-refractivity contribution is -0.119. The molecule has 26 heavy (non-hydrogen) atoms. The monoisotopic (exact) mass is 395 g/mol. The average Bonchev–Trinajstić information content (AvgIpc) is 3.18. The second-order valence-electron chi connectivity index (χ2n) is 7.10. The Kier molecular flexibility index (Phi) is 7.22. The van der Waals surface area contributed by atoms with Gasteiger partial charge in [-0.25, -0.2) is 0 Å². The van der Waals surface area contributed by atoms with Crippen molar-refractivity contribution in [3.05, 3.63) is 17.5 Å². The van der Waals surface area contributed by atoms with Gasteiger partial charge < -0.3 is 15.6 Å². The van der Waals surface area contributed by atoms with Crippen LogP contribution >= 0.6 is 23.1 Å². The van der Waals surface area contributed by atoms with Crippen LogP contribution in [0.4, 0.5) is 0 Å². The Morgan fingerprint density at radius 2 is 2.12 bits per heavy atom. The number of thioether (sulfide) groups is 1. The van der Waals surface area contributed by atoms with Gasteiger partial charge in [0, 0.05) is 19.5 Å². The standard InChI is InChI=1S/C17H25N5O2S2/c1-17(2,3)7-8-19-14(24)11-26-16-21-20-15(12-5-4-10-25-12)22(16)9-6-13(18)23/h4-5,10H,6-9,11H2,1-3H3,(H2,18,23)(H,19,24). The topological polar surface area (TPSA) is 103 Å². The summed E-state index contributed by atoms with van der Waals surface area (Å²) in [6.45, 7) is 7.46. The van der Waals surface area contributed by atoms with E-state index < -0.39 is 0 Å². The summed E-state index contributed by atoms with van der Waals surface area (Å²) < 4.78 is 1.85. The molecule has 0 aromatic carbocycles. The van der Waals surface area contributed by atoms with E-state index >= 15 is 0 Å². The maximum Gasteiger partial charge on any atom is 0.230 e. The van der Waals surface area contributed by atoms with E-state index in [9.17, 15) is 9.59 Å². The first-order valence-electron chi connectivity index (χ1n) is 8.41. The fourth-order valence-corrected chi connectivity index (χ4v) is 3.68. The Morgan fingerprint density at radius 3 is 2.73 bits per heavy atom. The minimum Gasteiger partial charge on any atom is -0.370 e. The van der Waals surface area contributed by atoms with Crippen LogP contribution in [-0.4, -0.2) is 38.9 Å². The molecule has 0 radical (unpaired) electrons. The predicted molar refractivity (Wildman–Crippen MR) is 105 cm³/mol. The molecule has 3 N–H and O–H groups in total. The molecule has 2 aromatic rings. The normalized spacial score (nSPS) is 11.5. The highest BCUT2D eigenvalue weighted by Gasteiger charge is 2.17. The van der Waals surface area contributed by atoms with Gasteiger partial charge in [-0.05, 0) is 23.3 Å². The molecule has 0 atom stereocenters. The predicted octanol–water partition coefficient (Wildman–Crippen LogP) is 2.53. The summed E-state index contributed by atoms with van der Waals surface area (Å²) >= 11 is 2.86. The first-order valence-corrected chi connectivity index (χ1v) is 10.3. The molecular formula is C17H25N5O2S2. The second kappa shape index (κ2) is 9.18. The van der Waals surface area contributed by atoms with E-state index in [4.69, 9.17) is 5.73 Å². The van der Waals surface area contributed by atoms with Crippen molar-refractivity contribution in [3.8, 4) is 10.7 Å². The third kappa shape index (κ3) is 6.45. The van der Waals surface area contributed by atoms with Gasteiger partial charge in [0.25, 0.3) is 0 Å². The number of nitrogens with one attached hydrogen (secondary N) is 1. The van der Waals surface area contributed by atoms with E-state index in [-0.39, 0.29) is 29.4 Å². The van der Waals surface area contributed by atoms with Crippen molar-refractivity contribution in [3.63, 3.8) is 0 Å². The molecule has 2 aromatic heterocycles. The van der Waals surface area contributed by atoms with Gasteiger partial charge in [-0.1, -0.05) is 38.6 Å². The molecule has 2 rings (SSSR count). The molecule has 142 valence electrons. The van der Waals surface area contributed by atoms with Gasteiger partial charge in [-0.2, -0.15) is 0 Å². The van der Waals surface area contributed by atoms with Gasteiger partial charge in [0.1, 0.15) is 0 Å². The summed E-state index contributed by atoms with van der Waals surface area (Å²) in [6, 6.07) is 3.88. The van der Waals surface area contributed by atoms with Gasteiger partial charge in [0.15, 0.2) is 11.0 Å². The highest BCUT2D eigenvalue weighted by Crippen LogP contribution is 2.27. The van der Waals surface area contributed by atoms with E-state index in [0.29, 0.717) is 24.1 Å². The number of nitrogens with two attached hydrogens (primary N) is 1. The van der Waals surface area contributed by atoms with E-state index in [1.807, 2.05) is 22.1 Å². The molecule has 7 nitrogen and oxygen atoms in total. The first kappa shape index (κ1) is 20.4. The van der Waals surface area contributed by atoms with Crippen molar-refractivity contribution in [2.24, 2.45) is 11.1 Å². The van der Waals surface area contributed by atoms with Crippen molar-refractivity contribution in [1.82, 2.24) is 20.1 Å². The Labute approximate surface area is 161 Å². The van der Waals surface area contributed by atoms with E-state index in [2.05, 4.69) is 36.3 Å². The summed E-state index contributed by atoms with van der Waals surface area (Å²) in [5.74, 6) is 0.522. The van der Waals surface area contributed by atoms with Gasteiger partial charge in [0.05, 0.1) is 10.6 Å². The number of thiophene rings is 1. The van der Waals surface area contributed by atoms with Gasteiger partial charge in [-0.15, -0.1) is 21.5 Å². The molecule has 0 fully saturated rings. The van der Waals surface area contributed by atoms with E-state index in [1.165, 1.54) is 11.8 Å². The second-order valence-corrected chi connectivity index (χ2v) is 8.99. The molecular weight excluding hydrogens is 370 g/mol. The van der Waals surface area contributed by atoms with Crippen molar-refractivity contribution in [2.75, 3.05) is 12.3 Å². The zero-order chi connectivity index (χ0) is 19.2. The number of hydrogen-bond acceptors (Lipinski definition) is 6. The Bertz CT molecular complexity index is 735. The molecule has 0 unspecified atom stereocenters. The third-order valence-electron chi connectivity index (χ3n) is 3.57. The fourth-order valence-electron chi connectivity index (χ4n) is 2.17. The third-order valence-corrected chi connectivity index (χ3v) is 5.40. The zero-order valence-corrected chi connectivity index (χ0v) is 17.0. The van der Waals surface area contributed by atoms with Crippen molar-refractivity contribution >= 4 is 34.9 Å². The summed E-state index contributed by atoms with van der Waals surface area (Å²) in [5, 5.41) is 13.9. The Morgan fingerprint density at radius 1 is 1.35 bits per heavy atom. The molecule has 0 aliphatic carbocycles. The zero-order valence-electron chi connectivity index (χ0n) is 15.3. The minimum atomic E-state index is -0.383. The van der Waals surface area contributed by atoms with Crippen LogP contribution in [0.1, 0.15) is 33.6 Å². The van der Waals surface area contributed by atoms with Gasteiger partial charge in [0.2, 0.25) is 11.8 Å². The molecule has 0 bridgehead atoms. The van der Waals surface area contributed by atoms with E-state index in [0.717, 1.165) is 11.3 Å². The van der Waals surface area contributed by atoms with E-state index in [1.54, 1.807) is 11.3 Å². The van der Waals surface area contributed by atoms with Crippen LogP contribution < -0.4 is 11.1 Å². The maximum atomic E-state index is 12.1. The smallest absolute Gasteiger partial charge is 0.230 e. The largest absolute Gasteiger partial charge is 0.370 e. The summed E-state index contributed by atoms with van der Waals surface area (Å²) in [4.78, 5) is 24.2.